The Bertz CT molecular complexity index is 372. The highest BCUT2D eigenvalue weighted by atomic mass is 127. The van der Waals surface area contributed by atoms with Crippen molar-refractivity contribution < 1.29 is 9.50 Å². The van der Waals surface area contributed by atoms with Crippen LogP contribution in [0.15, 0.2) is 18.2 Å². The lowest BCUT2D eigenvalue weighted by Gasteiger charge is -2.28. The molecule has 0 saturated heterocycles. The molecule has 0 unspecified atom stereocenters. The molecule has 1 aliphatic rings. The molecule has 0 atom stereocenters. The van der Waals surface area contributed by atoms with E-state index in [1.54, 1.807) is 6.07 Å². The highest BCUT2D eigenvalue weighted by Crippen LogP contribution is 2.37. The van der Waals surface area contributed by atoms with E-state index in [1.807, 2.05) is 28.7 Å². The Kier molecular flexibility index (Phi) is 4.79. The van der Waals surface area contributed by atoms with Gasteiger partial charge in [-0.3, -0.25) is 0 Å². The van der Waals surface area contributed by atoms with Crippen LogP contribution in [0.3, 0.4) is 0 Å². The first-order valence-electron chi connectivity index (χ1n) is 6.26. The first-order chi connectivity index (χ1) is 8.20. The van der Waals surface area contributed by atoms with Gasteiger partial charge in [-0.25, -0.2) is 4.39 Å². The molecule has 1 aromatic rings. The number of aliphatic hydroxyl groups is 1. The number of aliphatic hydroxyl groups excluding tert-OH is 1. The van der Waals surface area contributed by atoms with Gasteiger partial charge in [-0.1, -0.05) is 6.07 Å². The average Bonchev–Trinajstić information content (AvgIpc) is 2.34. The molecule has 1 nitrogen and oxygen atoms in total. The summed E-state index contributed by atoms with van der Waals surface area (Å²) in [5, 5.41) is 8.92. The van der Waals surface area contributed by atoms with Crippen molar-refractivity contribution in [2.45, 2.75) is 38.0 Å². The molecule has 0 aliphatic heterocycles. The van der Waals surface area contributed by atoms with Gasteiger partial charge in [0.05, 0.1) is 0 Å². The van der Waals surface area contributed by atoms with Gasteiger partial charge in [0.1, 0.15) is 5.82 Å². The van der Waals surface area contributed by atoms with Crippen molar-refractivity contribution in [3.8, 4) is 0 Å². The molecule has 2 rings (SSSR count). The largest absolute Gasteiger partial charge is 0.396 e. The molecule has 0 heterocycles. The topological polar surface area (TPSA) is 20.2 Å². The van der Waals surface area contributed by atoms with Crippen LogP contribution >= 0.6 is 22.6 Å². The van der Waals surface area contributed by atoms with Gasteiger partial charge in [0.15, 0.2) is 0 Å². The number of rotatable bonds is 3. The number of hydrogen-bond acceptors (Lipinski definition) is 1. The molecule has 1 saturated carbocycles. The zero-order valence-electron chi connectivity index (χ0n) is 9.83. The van der Waals surface area contributed by atoms with Gasteiger partial charge in [0.2, 0.25) is 0 Å². The Labute approximate surface area is 116 Å². The van der Waals surface area contributed by atoms with Crippen LogP contribution in [-0.4, -0.2) is 11.7 Å². The van der Waals surface area contributed by atoms with Gasteiger partial charge in [0.25, 0.3) is 0 Å². The first-order valence-corrected chi connectivity index (χ1v) is 7.34. The molecular weight excluding hydrogens is 330 g/mol. The lowest BCUT2D eigenvalue weighted by molar-refractivity contribution is 0.222. The molecule has 3 heteroatoms. The fourth-order valence-corrected chi connectivity index (χ4v) is 3.07. The maximum atomic E-state index is 13.5. The van der Waals surface area contributed by atoms with Gasteiger partial charge in [-0.15, -0.1) is 0 Å². The van der Waals surface area contributed by atoms with Crippen LogP contribution < -0.4 is 0 Å². The van der Waals surface area contributed by atoms with Gasteiger partial charge in [-0.05, 0) is 84.2 Å². The van der Waals surface area contributed by atoms with Crippen molar-refractivity contribution in [2.24, 2.45) is 5.92 Å². The van der Waals surface area contributed by atoms with Crippen molar-refractivity contribution in [3.63, 3.8) is 0 Å². The first kappa shape index (κ1) is 13.3. The van der Waals surface area contributed by atoms with Crippen molar-refractivity contribution in [1.29, 1.82) is 0 Å². The normalized spacial score (nSPS) is 24.9. The quantitative estimate of drug-likeness (QED) is 0.816. The minimum absolute atomic E-state index is 0.0967. The summed E-state index contributed by atoms with van der Waals surface area (Å²) < 4.78 is 14.2. The molecule has 1 N–H and O–H groups in total. The molecule has 1 aliphatic carbocycles. The molecule has 17 heavy (non-hydrogen) atoms. The SMILES string of the molecule is OCCC1CCC(c2ccc(I)c(F)c2)CC1. The van der Waals surface area contributed by atoms with Crippen molar-refractivity contribution in [3.05, 3.63) is 33.1 Å². The zero-order valence-corrected chi connectivity index (χ0v) is 12.0. The lowest BCUT2D eigenvalue weighted by Crippen LogP contribution is -2.14. The number of halogens is 2. The summed E-state index contributed by atoms with van der Waals surface area (Å²) in [6.07, 6.45) is 5.51. The van der Waals surface area contributed by atoms with E-state index in [0.717, 1.165) is 24.8 Å². The molecule has 94 valence electrons. The predicted molar refractivity (Wildman–Crippen MR) is 75.5 cm³/mol. The second kappa shape index (κ2) is 6.14. The molecule has 1 aromatic carbocycles. The summed E-state index contributed by atoms with van der Waals surface area (Å²) in [5.41, 5.74) is 1.14. The molecule has 0 bridgehead atoms. The molecule has 0 amide bonds. The summed E-state index contributed by atoms with van der Waals surface area (Å²) >= 11 is 2.02. The fraction of sp³-hybridized carbons (Fsp3) is 0.571. The third kappa shape index (κ3) is 3.41. The summed E-state index contributed by atoms with van der Waals surface area (Å²) in [4.78, 5) is 0. The van der Waals surface area contributed by atoms with E-state index in [1.165, 1.54) is 12.8 Å². The minimum atomic E-state index is -0.0967. The Balaban J connectivity index is 1.98. The van der Waals surface area contributed by atoms with Gasteiger partial charge >= 0.3 is 0 Å². The lowest BCUT2D eigenvalue weighted by atomic mass is 9.78. The number of benzene rings is 1. The Hall–Kier alpha value is -0.160. The van der Waals surface area contributed by atoms with E-state index in [-0.39, 0.29) is 5.82 Å². The van der Waals surface area contributed by atoms with Crippen LogP contribution in [0.5, 0.6) is 0 Å². The molecule has 0 aromatic heterocycles. The average molecular weight is 348 g/mol. The van der Waals surface area contributed by atoms with E-state index in [2.05, 4.69) is 6.07 Å². The van der Waals surface area contributed by atoms with E-state index in [9.17, 15) is 4.39 Å². The standard InChI is InChI=1S/C14H18FIO/c15-13-9-12(5-6-14(13)16)11-3-1-10(2-4-11)7-8-17/h5-6,9-11,17H,1-4,7-8H2. The second-order valence-corrected chi connectivity index (χ2v) is 6.07. The van der Waals surface area contributed by atoms with Crippen LogP contribution in [-0.2, 0) is 0 Å². The monoisotopic (exact) mass is 348 g/mol. The van der Waals surface area contributed by atoms with Crippen LogP contribution in [0.1, 0.15) is 43.6 Å². The molecule has 0 spiro atoms. The van der Waals surface area contributed by atoms with Crippen molar-refractivity contribution in [2.75, 3.05) is 6.61 Å². The van der Waals surface area contributed by atoms with Gasteiger partial charge in [-0.2, -0.15) is 0 Å². The molecule has 1 fully saturated rings. The third-order valence-corrected chi connectivity index (χ3v) is 4.67. The molecule has 0 radical (unpaired) electrons. The smallest absolute Gasteiger partial charge is 0.136 e. The maximum absolute atomic E-state index is 13.5. The van der Waals surface area contributed by atoms with Crippen molar-refractivity contribution >= 4 is 22.6 Å². The highest BCUT2D eigenvalue weighted by molar-refractivity contribution is 14.1. The van der Waals surface area contributed by atoms with E-state index in [4.69, 9.17) is 5.11 Å². The maximum Gasteiger partial charge on any atom is 0.136 e. The Morgan fingerprint density at radius 1 is 1.24 bits per heavy atom. The fourth-order valence-electron chi connectivity index (χ4n) is 2.73. The van der Waals surface area contributed by atoms with E-state index >= 15 is 0 Å². The van der Waals surface area contributed by atoms with Gasteiger partial charge < -0.3 is 5.11 Å². The summed E-state index contributed by atoms with van der Waals surface area (Å²) in [5.74, 6) is 1.09. The van der Waals surface area contributed by atoms with Crippen LogP contribution in [0, 0.1) is 15.3 Å². The van der Waals surface area contributed by atoms with E-state index in [0.29, 0.717) is 22.0 Å². The second-order valence-electron chi connectivity index (χ2n) is 4.90. The Morgan fingerprint density at radius 2 is 1.94 bits per heavy atom. The highest BCUT2D eigenvalue weighted by Gasteiger charge is 2.22. The van der Waals surface area contributed by atoms with Crippen LogP contribution in [0.4, 0.5) is 4.39 Å². The minimum Gasteiger partial charge on any atom is -0.396 e. The third-order valence-electron chi connectivity index (χ3n) is 3.80. The summed E-state index contributed by atoms with van der Waals surface area (Å²) in [6, 6.07) is 5.62. The summed E-state index contributed by atoms with van der Waals surface area (Å²) in [6.45, 7) is 0.299. The van der Waals surface area contributed by atoms with Crippen LogP contribution in [0.2, 0.25) is 0 Å². The van der Waals surface area contributed by atoms with Crippen molar-refractivity contribution in [1.82, 2.24) is 0 Å². The van der Waals surface area contributed by atoms with E-state index < -0.39 is 0 Å². The zero-order chi connectivity index (χ0) is 12.3. The number of hydrogen-bond donors (Lipinski definition) is 1. The van der Waals surface area contributed by atoms with Gasteiger partial charge in [0, 0.05) is 10.2 Å². The Morgan fingerprint density at radius 3 is 2.53 bits per heavy atom. The van der Waals surface area contributed by atoms with Crippen LogP contribution in [0.25, 0.3) is 0 Å². The summed E-state index contributed by atoms with van der Waals surface area (Å²) in [7, 11) is 0. The molecular formula is C14H18FIO. The predicted octanol–water partition coefficient (Wildman–Crippen LogP) is 4.09.